The Morgan fingerprint density at radius 2 is 1.78 bits per heavy atom. The van der Waals surface area contributed by atoms with E-state index in [-0.39, 0.29) is 30.5 Å². The van der Waals surface area contributed by atoms with Crippen molar-refractivity contribution in [3.8, 4) is 17.2 Å². The lowest BCUT2D eigenvalue weighted by Gasteiger charge is -2.22. The van der Waals surface area contributed by atoms with Crippen molar-refractivity contribution in [2.24, 2.45) is 4.99 Å². The number of guanidine groups is 1. The van der Waals surface area contributed by atoms with Gasteiger partial charge < -0.3 is 29.5 Å². The number of aliphatic imine (C=N–C) groups is 1. The lowest BCUT2D eigenvalue weighted by atomic mass is 9.98. The van der Waals surface area contributed by atoms with Gasteiger partial charge in [-0.3, -0.25) is 4.99 Å². The Morgan fingerprint density at radius 3 is 2.41 bits per heavy atom. The summed E-state index contributed by atoms with van der Waals surface area (Å²) in [6, 6.07) is 13.5. The van der Waals surface area contributed by atoms with E-state index in [9.17, 15) is 5.11 Å². The smallest absolute Gasteiger partial charge is 0.194 e. The SMILES string of the molecule is CCNC(=NCC(O)c1cccc(OC)c1)N1CCC(c2cc(OC)cc(OC)c2)C1.I. The van der Waals surface area contributed by atoms with Crippen molar-refractivity contribution in [2.45, 2.75) is 25.4 Å². The van der Waals surface area contributed by atoms with Crippen LogP contribution >= 0.6 is 24.0 Å². The normalized spacial score (nSPS) is 16.8. The average molecular weight is 555 g/mol. The van der Waals surface area contributed by atoms with E-state index in [1.807, 2.05) is 30.3 Å². The number of ether oxygens (including phenoxy) is 3. The molecule has 2 atom stereocenters. The van der Waals surface area contributed by atoms with Crippen LogP contribution in [-0.2, 0) is 0 Å². The van der Waals surface area contributed by atoms with Gasteiger partial charge in [0.15, 0.2) is 5.96 Å². The molecule has 2 N–H and O–H groups in total. The van der Waals surface area contributed by atoms with Crippen LogP contribution in [0.15, 0.2) is 47.5 Å². The molecule has 8 heteroatoms. The van der Waals surface area contributed by atoms with Crippen molar-refractivity contribution >= 4 is 29.9 Å². The second-order valence-corrected chi connectivity index (χ2v) is 7.56. The van der Waals surface area contributed by atoms with Crippen LogP contribution in [0.3, 0.4) is 0 Å². The van der Waals surface area contributed by atoms with Gasteiger partial charge in [-0.25, -0.2) is 0 Å². The molecule has 7 nitrogen and oxygen atoms in total. The molecule has 176 valence electrons. The van der Waals surface area contributed by atoms with Crippen LogP contribution in [0.25, 0.3) is 0 Å². The van der Waals surface area contributed by atoms with Crippen molar-refractivity contribution in [2.75, 3.05) is 47.5 Å². The molecule has 1 aliphatic rings. The first kappa shape index (κ1) is 26.1. The highest BCUT2D eigenvalue weighted by molar-refractivity contribution is 14.0. The molecular formula is C24H34IN3O4. The molecule has 1 fully saturated rings. The first-order chi connectivity index (χ1) is 15.1. The van der Waals surface area contributed by atoms with Gasteiger partial charge in [-0.15, -0.1) is 24.0 Å². The topological polar surface area (TPSA) is 75.6 Å². The van der Waals surface area contributed by atoms with Gasteiger partial charge in [-0.2, -0.15) is 0 Å². The minimum absolute atomic E-state index is 0. The van der Waals surface area contributed by atoms with Gasteiger partial charge in [0.1, 0.15) is 17.2 Å². The lowest BCUT2D eigenvalue weighted by Crippen LogP contribution is -2.40. The predicted octanol–water partition coefficient (Wildman–Crippen LogP) is 3.82. The Bertz CT molecular complexity index is 871. The zero-order chi connectivity index (χ0) is 22.2. The average Bonchev–Trinajstić information content (AvgIpc) is 3.31. The fourth-order valence-corrected chi connectivity index (χ4v) is 3.84. The third-order valence-electron chi connectivity index (χ3n) is 5.56. The van der Waals surface area contributed by atoms with Gasteiger partial charge in [0.05, 0.1) is 34.0 Å². The van der Waals surface area contributed by atoms with Gasteiger partial charge >= 0.3 is 0 Å². The summed E-state index contributed by atoms with van der Waals surface area (Å²) in [4.78, 5) is 6.96. The van der Waals surface area contributed by atoms with Crippen LogP contribution in [0.5, 0.6) is 17.2 Å². The third kappa shape index (κ3) is 6.65. The Hall–Kier alpha value is -2.20. The first-order valence-corrected chi connectivity index (χ1v) is 10.7. The molecule has 2 unspecified atom stereocenters. The number of halogens is 1. The molecule has 2 aromatic carbocycles. The van der Waals surface area contributed by atoms with Gasteiger partial charge in [0.2, 0.25) is 0 Å². The fourth-order valence-electron chi connectivity index (χ4n) is 3.84. The monoisotopic (exact) mass is 555 g/mol. The van der Waals surface area contributed by atoms with E-state index >= 15 is 0 Å². The number of aliphatic hydroxyl groups excluding tert-OH is 1. The zero-order valence-electron chi connectivity index (χ0n) is 19.2. The minimum atomic E-state index is -0.690. The van der Waals surface area contributed by atoms with Crippen molar-refractivity contribution < 1.29 is 19.3 Å². The van der Waals surface area contributed by atoms with Gasteiger partial charge in [0.25, 0.3) is 0 Å². The van der Waals surface area contributed by atoms with E-state index in [0.717, 1.165) is 54.8 Å². The Labute approximate surface area is 207 Å². The lowest BCUT2D eigenvalue weighted by molar-refractivity contribution is 0.186. The van der Waals surface area contributed by atoms with Gasteiger partial charge in [0, 0.05) is 31.6 Å². The number of likely N-dealkylation sites (tertiary alicyclic amines) is 1. The van der Waals surface area contributed by atoms with Crippen LogP contribution in [0.2, 0.25) is 0 Å². The van der Waals surface area contributed by atoms with E-state index in [0.29, 0.717) is 5.92 Å². The van der Waals surface area contributed by atoms with E-state index < -0.39 is 6.10 Å². The van der Waals surface area contributed by atoms with E-state index in [1.54, 1.807) is 21.3 Å². The summed E-state index contributed by atoms with van der Waals surface area (Å²) in [6.45, 7) is 4.84. The summed E-state index contributed by atoms with van der Waals surface area (Å²) in [5.74, 6) is 3.51. The molecule has 0 saturated carbocycles. The molecule has 32 heavy (non-hydrogen) atoms. The van der Waals surface area contributed by atoms with E-state index in [2.05, 4.69) is 29.3 Å². The first-order valence-electron chi connectivity index (χ1n) is 10.7. The summed E-state index contributed by atoms with van der Waals surface area (Å²) >= 11 is 0. The highest BCUT2D eigenvalue weighted by Crippen LogP contribution is 2.33. The van der Waals surface area contributed by atoms with Crippen molar-refractivity contribution in [1.82, 2.24) is 10.2 Å². The molecule has 1 heterocycles. The maximum absolute atomic E-state index is 10.6. The van der Waals surface area contributed by atoms with Gasteiger partial charge in [-0.05, 0) is 48.7 Å². The number of hydrogen-bond donors (Lipinski definition) is 2. The summed E-state index contributed by atoms with van der Waals surface area (Å²) in [7, 11) is 4.96. The molecule has 3 rings (SSSR count). The fraction of sp³-hybridized carbons (Fsp3) is 0.458. The summed E-state index contributed by atoms with van der Waals surface area (Å²) in [5, 5.41) is 14.0. The number of nitrogens with zero attached hydrogens (tertiary/aromatic N) is 2. The van der Waals surface area contributed by atoms with Crippen LogP contribution in [0.4, 0.5) is 0 Å². The zero-order valence-corrected chi connectivity index (χ0v) is 21.5. The maximum atomic E-state index is 10.6. The highest BCUT2D eigenvalue weighted by atomic mass is 127. The van der Waals surface area contributed by atoms with Crippen molar-refractivity contribution in [1.29, 1.82) is 0 Å². The minimum Gasteiger partial charge on any atom is -0.497 e. The largest absolute Gasteiger partial charge is 0.497 e. The quantitative estimate of drug-likeness (QED) is 0.293. The molecule has 1 saturated heterocycles. The van der Waals surface area contributed by atoms with Crippen LogP contribution < -0.4 is 19.5 Å². The Balaban J connectivity index is 0.00000363. The molecule has 0 aliphatic carbocycles. The van der Waals surface area contributed by atoms with Crippen molar-refractivity contribution in [3.63, 3.8) is 0 Å². The van der Waals surface area contributed by atoms with E-state index in [4.69, 9.17) is 19.2 Å². The third-order valence-corrected chi connectivity index (χ3v) is 5.56. The molecular weight excluding hydrogens is 521 g/mol. The summed E-state index contributed by atoms with van der Waals surface area (Å²) < 4.78 is 16.1. The molecule has 2 aromatic rings. The summed E-state index contributed by atoms with van der Waals surface area (Å²) in [6.07, 6.45) is 0.323. The standard InChI is InChI=1S/C24H33N3O4.HI/c1-5-25-24(26-15-23(28)17-7-6-8-20(11-17)29-2)27-10-9-18(16-27)19-12-21(30-3)14-22(13-19)31-4;/h6-8,11-14,18,23,28H,5,9-10,15-16H2,1-4H3,(H,25,26);1H. The molecule has 0 spiro atoms. The van der Waals surface area contributed by atoms with Crippen molar-refractivity contribution in [3.05, 3.63) is 53.6 Å². The van der Waals surface area contributed by atoms with Crippen LogP contribution in [-0.4, -0.2) is 63.5 Å². The molecule has 0 bridgehead atoms. The van der Waals surface area contributed by atoms with E-state index in [1.165, 1.54) is 5.56 Å². The second-order valence-electron chi connectivity index (χ2n) is 7.56. The number of aliphatic hydroxyl groups is 1. The Morgan fingerprint density at radius 1 is 1.09 bits per heavy atom. The number of nitrogens with one attached hydrogen (secondary N) is 1. The molecule has 0 aromatic heterocycles. The highest BCUT2D eigenvalue weighted by Gasteiger charge is 2.27. The predicted molar refractivity (Wildman–Crippen MR) is 138 cm³/mol. The Kier molecular flexibility index (Phi) is 10.4. The molecule has 0 amide bonds. The molecule has 1 aliphatic heterocycles. The van der Waals surface area contributed by atoms with Gasteiger partial charge in [-0.1, -0.05) is 12.1 Å². The van der Waals surface area contributed by atoms with Crippen LogP contribution in [0.1, 0.15) is 36.5 Å². The number of methoxy groups -OCH3 is 3. The number of hydrogen-bond acceptors (Lipinski definition) is 5. The number of benzene rings is 2. The maximum Gasteiger partial charge on any atom is 0.194 e. The second kappa shape index (κ2) is 12.7. The van der Waals surface area contributed by atoms with Crippen LogP contribution in [0, 0.1) is 0 Å². The summed E-state index contributed by atoms with van der Waals surface area (Å²) in [5.41, 5.74) is 1.99. The molecule has 0 radical (unpaired) electrons. The number of rotatable bonds is 8.